The lowest BCUT2D eigenvalue weighted by Gasteiger charge is -2.15. The maximum atomic E-state index is 6.13. The lowest BCUT2D eigenvalue weighted by molar-refractivity contribution is 0.660. The van der Waals surface area contributed by atoms with E-state index in [2.05, 4.69) is 18.8 Å². The highest BCUT2D eigenvalue weighted by Crippen LogP contribution is 2.40. The number of nitrogens with two attached hydrogens (primary N) is 1. The van der Waals surface area contributed by atoms with Gasteiger partial charge in [0.2, 0.25) is 5.95 Å². The standard InChI is InChI=1S/C15H23N5/c1-3-5-6-11-12-14(19-13(18-12)10-7-8-10)20(9-4-2)15(16)17-11/h10H,3-9H2,1-2H3,(H2,16,17). The third-order valence-electron chi connectivity index (χ3n) is 3.87. The Balaban J connectivity index is 2.08. The van der Waals surface area contributed by atoms with E-state index in [0.717, 1.165) is 55.3 Å². The van der Waals surface area contributed by atoms with Crippen LogP contribution in [-0.4, -0.2) is 19.5 Å². The number of hydrogen-bond acceptors (Lipinski definition) is 4. The van der Waals surface area contributed by atoms with E-state index in [9.17, 15) is 0 Å². The Morgan fingerprint density at radius 1 is 1.15 bits per heavy atom. The van der Waals surface area contributed by atoms with Gasteiger partial charge in [0.15, 0.2) is 5.82 Å². The van der Waals surface area contributed by atoms with Gasteiger partial charge in [0.05, 0.1) is 5.69 Å². The number of rotatable bonds is 6. The molecule has 3 rings (SSSR count). The molecule has 0 aromatic carbocycles. The zero-order valence-electron chi connectivity index (χ0n) is 12.4. The number of aryl methyl sites for hydroxylation is 1. The SMILES string of the molecule is CCCCc1nc(N)n(CCC)c2nc(C3CC3)nc1-2. The van der Waals surface area contributed by atoms with E-state index in [-0.39, 0.29) is 0 Å². The fourth-order valence-corrected chi connectivity index (χ4v) is 2.58. The molecule has 0 aromatic heterocycles. The van der Waals surface area contributed by atoms with Crippen LogP contribution in [-0.2, 0) is 13.0 Å². The molecule has 1 saturated carbocycles. The molecule has 0 amide bonds. The molecule has 2 heterocycles. The molecule has 2 N–H and O–H groups in total. The summed E-state index contributed by atoms with van der Waals surface area (Å²) in [6.07, 6.45) is 6.66. The van der Waals surface area contributed by atoms with Gasteiger partial charge in [-0.15, -0.1) is 0 Å². The van der Waals surface area contributed by atoms with E-state index in [4.69, 9.17) is 15.7 Å². The van der Waals surface area contributed by atoms with Crippen LogP contribution in [0.3, 0.4) is 0 Å². The first kappa shape index (κ1) is 13.3. The average Bonchev–Trinajstić information content (AvgIpc) is 3.19. The highest BCUT2D eigenvalue weighted by atomic mass is 15.2. The van der Waals surface area contributed by atoms with Crippen molar-refractivity contribution < 1.29 is 0 Å². The van der Waals surface area contributed by atoms with Gasteiger partial charge in [-0.25, -0.2) is 15.0 Å². The molecule has 20 heavy (non-hydrogen) atoms. The van der Waals surface area contributed by atoms with Crippen LogP contribution >= 0.6 is 0 Å². The minimum atomic E-state index is 0.567. The van der Waals surface area contributed by atoms with Crippen molar-refractivity contribution in [3.63, 3.8) is 0 Å². The molecule has 2 aliphatic heterocycles. The largest absolute Gasteiger partial charge is 0.369 e. The van der Waals surface area contributed by atoms with E-state index in [1.807, 2.05) is 4.57 Å². The first-order valence-electron chi connectivity index (χ1n) is 7.77. The third-order valence-corrected chi connectivity index (χ3v) is 3.87. The van der Waals surface area contributed by atoms with Gasteiger partial charge >= 0.3 is 0 Å². The molecule has 3 aliphatic rings. The third kappa shape index (κ3) is 2.37. The first-order chi connectivity index (χ1) is 9.74. The molecule has 1 aliphatic carbocycles. The number of unbranched alkanes of at least 4 members (excludes halogenated alkanes) is 1. The van der Waals surface area contributed by atoms with Gasteiger partial charge in [-0.3, -0.25) is 4.57 Å². The quantitative estimate of drug-likeness (QED) is 0.878. The highest BCUT2D eigenvalue weighted by Gasteiger charge is 2.31. The molecule has 0 aromatic rings. The van der Waals surface area contributed by atoms with Crippen LogP contribution in [0.2, 0.25) is 0 Å². The summed E-state index contributed by atoms with van der Waals surface area (Å²) in [5, 5.41) is 0. The number of nitrogens with zero attached hydrogens (tertiary/aromatic N) is 4. The zero-order valence-corrected chi connectivity index (χ0v) is 12.4. The molecular formula is C15H23N5. The van der Waals surface area contributed by atoms with Gasteiger partial charge in [0, 0.05) is 12.5 Å². The van der Waals surface area contributed by atoms with E-state index in [1.54, 1.807) is 0 Å². The van der Waals surface area contributed by atoms with Gasteiger partial charge in [0.1, 0.15) is 11.5 Å². The molecular weight excluding hydrogens is 250 g/mol. The topological polar surface area (TPSA) is 69.6 Å². The molecule has 5 heteroatoms. The number of fused-ring (bicyclic) bond motifs is 1. The Labute approximate surface area is 120 Å². The molecule has 0 radical (unpaired) electrons. The molecule has 0 spiro atoms. The van der Waals surface area contributed by atoms with Crippen molar-refractivity contribution in [3.8, 4) is 11.5 Å². The van der Waals surface area contributed by atoms with Crippen molar-refractivity contribution in [1.29, 1.82) is 0 Å². The summed E-state index contributed by atoms with van der Waals surface area (Å²) >= 11 is 0. The molecule has 0 unspecified atom stereocenters. The van der Waals surface area contributed by atoms with Crippen molar-refractivity contribution >= 4 is 5.95 Å². The van der Waals surface area contributed by atoms with Crippen LogP contribution in [0.15, 0.2) is 0 Å². The van der Waals surface area contributed by atoms with Crippen molar-refractivity contribution in [1.82, 2.24) is 19.5 Å². The summed E-state index contributed by atoms with van der Waals surface area (Å²) in [6.45, 7) is 5.18. The highest BCUT2D eigenvalue weighted by molar-refractivity contribution is 5.59. The minimum absolute atomic E-state index is 0.567. The molecule has 108 valence electrons. The normalized spacial score (nSPS) is 15.1. The zero-order chi connectivity index (χ0) is 14.1. The summed E-state index contributed by atoms with van der Waals surface area (Å²) in [5.41, 5.74) is 8.12. The lowest BCUT2D eigenvalue weighted by Crippen LogP contribution is -2.14. The minimum Gasteiger partial charge on any atom is -0.369 e. The van der Waals surface area contributed by atoms with Crippen LogP contribution < -0.4 is 5.73 Å². The Kier molecular flexibility index (Phi) is 3.59. The van der Waals surface area contributed by atoms with E-state index >= 15 is 0 Å². The number of nitrogen functional groups attached to an aromatic ring is 1. The maximum Gasteiger partial charge on any atom is 0.202 e. The molecule has 0 atom stereocenters. The molecule has 5 nitrogen and oxygen atoms in total. The Morgan fingerprint density at radius 3 is 2.60 bits per heavy atom. The molecule has 0 saturated heterocycles. The monoisotopic (exact) mass is 273 g/mol. The van der Waals surface area contributed by atoms with Gasteiger partial charge in [0.25, 0.3) is 0 Å². The van der Waals surface area contributed by atoms with Gasteiger partial charge < -0.3 is 5.73 Å². The first-order valence-corrected chi connectivity index (χ1v) is 7.77. The van der Waals surface area contributed by atoms with Crippen LogP contribution in [0.5, 0.6) is 0 Å². The lowest BCUT2D eigenvalue weighted by atomic mass is 10.1. The van der Waals surface area contributed by atoms with Crippen molar-refractivity contribution in [2.24, 2.45) is 0 Å². The van der Waals surface area contributed by atoms with Crippen molar-refractivity contribution in [2.75, 3.05) is 5.73 Å². The second-order valence-electron chi connectivity index (χ2n) is 5.70. The molecule has 0 bridgehead atoms. The number of imidazole rings is 1. The van der Waals surface area contributed by atoms with Crippen LogP contribution in [0.1, 0.15) is 63.4 Å². The average molecular weight is 273 g/mol. The molecule has 1 fully saturated rings. The Hall–Kier alpha value is -1.65. The van der Waals surface area contributed by atoms with E-state index in [0.29, 0.717) is 11.9 Å². The van der Waals surface area contributed by atoms with Crippen molar-refractivity contribution in [3.05, 3.63) is 11.5 Å². The van der Waals surface area contributed by atoms with Crippen LogP contribution in [0.4, 0.5) is 5.95 Å². The number of hydrogen-bond donors (Lipinski definition) is 1. The fraction of sp³-hybridized carbons (Fsp3) is 0.667. The van der Waals surface area contributed by atoms with Gasteiger partial charge in [-0.05, 0) is 32.1 Å². The van der Waals surface area contributed by atoms with E-state index in [1.165, 1.54) is 12.8 Å². The summed E-state index contributed by atoms with van der Waals surface area (Å²) in [4.78, 5) is 14.1. The van der Waals surface area contributed by atoms with Crippen molar-refractivity contribution in [2.45, 2.75) is 64.8 Å². The maximum absolute atomic E-state index is 6.13. The fourth-order valence-electron chi connectivity index (χ4n) is 2.58. The van der Waals surface area contributed by atoms with Gasteiger partial charge in [-0.2, -0.15) is 0 Å². The van der Waals surface area contributed by atoms with E-state index < -0.39 is 0 Å². The predicted octanol–water partition coefficient (Wildman–Crippen LogP) is 2.99. The van der Waals surface area contributed by atoms with Gasteiger partial charge in [-0.1, -0.05) is 20.3 Å². The Bertz CT molecular complexity index is 570. The van der Waals surface area contributed by atoms with Crippen LogP contribution in [0.25, 0.3) is 11.5 Å². The van der Waals surface area contributed by atoms with Crippen LogP contribution in [0, 0.1) is 0 Å². The second kappa shape index (κ2) is 5.38. The summed E-state index contributed by atoms with van der Waals surface area (Å²) < 4.78 is 2.02. The number of aromatic nitrogens is 4. The summed E-state index contributed by atoms with van der Waals surface area (Å²) in [5.74, 6) is 3.08. The smallest absolute Gasteiger partial charge is 0.202 e. The second-order valence-corrected chi connectivity index (χ2v) is 5.70. The predicted molar refractivity (Wildman–Crippen MR) is 79.7 cm³/mol. The Morgan fingerprint density at radius 2 is 1.95 bits per heavy atom. The number of anilines is 1. The summed E-state index contributed by atoms with van der Waals surface area (Å²) in [6, 6.07) is 0. The summed E-state index contributed by atoms with van der Waals surface area (Å²) in [7, 11) is 0.